The van der Waals surface area contributed by atoms with Gasteiger partial charge in [0.05, 0.1) is 12.2 Å². The maximum absolute atomic E-state index is 13.0. The predicted octanol–water partition coefficient (Wildman–Crippen LogP) is 3.95. The van der Waals surface area contributed by atoms with E-state index in [1.807, 2.05) is 18.2 Å². The van der Waals surface area contributed by atoms with Gasteiger partial charge in [-0.05, 0) is 36.1 Å². The number of hydrogen-bond donors (Lipinski definition) is 2. The van der Waals surface area contributed by atoms with Crippen LogP contribution >= 0.6 is 24.8 Å². The highest BCUT2D eigenvalue weighted by Crippen LogP contribution is 2.17. The molecule has 0 bridgehead atoms. The van der Waals surface area contributed by atoms with Crippen molar-refractivity contribution in [2.75, 3.05) is 11.9 Å². The highest BCUT2D eigenvalue weighted by Gasteiger charge is 2.12. The van der Waals surface area contributed by atoms with Crippen molar-refractivity contribution >= 4 is 30.8 Å². The molecule has 1 atom stereocenters. The SMILES string of the molecule is Cl.Cl.NC(c1ccc(F)cc1)c1cnc(NCCCc2ccccc2)nn1. The van der Waals surface area contributed by atoms with E-state index >= 15 is 0 Å². The van der Waals surface area contributed by atoms with E-state index in [4.69, 9.17) is 5.73 Å². The zero-order chi connectivity index (χ0) is 17.5. The van der Waals surface area contributed by atoms with E-state index in [1.54, 1.807) is 18.3 Å². The zero-order valence-corrected chi connectivity index (χ0v) is 16.2. The second-order valence-electron chi connectivity index (χ2n) is 5.75. The Morgan fingerprint density at radius 1 is 0.963 bits per heavy atom. The molecule has 0 amide bonds. The second kappa shape index (κ2) is 11.4. The molecule has 0 saturated carbocycles. The lowest BCUT2D eigenvalue weighted by atomic mass is 10.1. The van der Waals surface area contributed by atoms with Crippen molar-refractivity contribution in [3.05, 3.63) is 83.4 Å². The Labute approximate surface area is 170 Å². The van der Waals surface area contributed by atoms with E-state index in [0.29, 0.717) is 11.6 Å². The van der Waals surface area contributed by atoms with Crippen molar-refractivity contribution in [2.24, 2.45) is 5.73 Å². The number of nitrogens with one attached hydrogen (secondary N) is 1. The number of rotatable bonds is 7. The molecule has 27 heavy (non-hydrogen) atoms. The lowest BCUT2D eigenvalue weighted by Crippen LogP contribution is -2.16. The summed E-state index contributed by atoms with van der Waals surface area (Å²) in [6.07, 6.45) is 3.57. The first-order chi connectivity index (χ1) is 12.2. The molecule has 0 fully saturated rings. The molecule has 1 aromatic heterocycles. The number of benzene rings is 2. The van der Waals surface area contributed by atoms with Crippen LogP contribution in [0, 0.1) is 5.82 Å². The van der Waals surface area contributed by atoms with Crippen LogP contribution in [0.5, 0.6) is 0 Å². The third kappa shape index (κ3) is 6.75. The van der Waals surface area contributed by atoms with E-state index < -0.39 is 6.04 Å². The van der Waals surface area contributed by atoms with Gasteiger partial charge in [0.1, 0.15) is 11.5 Å². The number of anilines is 1. The molecule has 0 aliphatic heterocycles. The Balaban J connectivity index is 0.00000182. The molecule has 3 N–H and O–H groups in total. The average Bonchev–Trinajstić information content (AvgIpc) is 2.67. The van der Waals surface area contributed by atoms with Gasteiger partial charge in [-0.3, -0.25) is 0 Å². The van der Waals surface area contributed by atoms with Gasteiger partial charge in [-0.2, -0.15) is 0 Å². The van der Waals surface area contributed by atoms with Crippen LogP contribution in [0.4, 0.5) is 10.3 Å². The van der Waals surface area contributed by atoms with Crippen molar-refractivity contribution in [1.82, 2.24) is 15.2 Å². The van der Waals surface area contributed by atoms with Crippen LogP contribution < -0.4 is 11.1 Å². The normalized spacial score (nSPS) is 11.0. The summed E-state index contributed by atoms with van der Waals surface area (Å²) in [5.74, 6) is 0.179. The molecule has 3 rings (SSSR count). The van der Waals surface area contributed by atoms with E-state index in [0.717, 1.165) is 24.9 Å². The molecule has 0 spiro atoms. The van der Waals surface area contributed by atoms with Crippen LogP contribution in [0.2, 0.25) is 0 Å². The Hall–Kier alpha value is -2.28. The van der Waals surface area contributed by atoms with Crippen molar-refractivity contribution in [3.63, 3.8) is 0 Å². The van der Waals surface area contributed by atoms with Crippen molar-refractivity contribution in [2.45, 2.75) is 18.9 Å². The topological polar surface area (TPSA) is 76.7 Å². The van der Waals surface area contributed by atoms with Gasteiger partial charge in [0.2, 0.25) is 5.95 Å². The first kappa shape index (κ1) is 22.8. The lowest BCUT2D eigenvalue weighted by molar-refractivity contribution is 0.626. The van der Waals surface area contributed by atoms with E-state index in [9.17, 15) is 4.39 Å². The fourth-order valence-electron chi connectivity index (χ4n) is 2.49. The van der Waals surface area contributed by atoms with Gasteiger partial charge >= 0.3 is 0 Å². The molecule has 0 radical (unpaired) electrons. The van der Waals surface area contributed by atoms with Crippen molar-refractivity contribution in [3.8, 4) is 0 Å². The van der Waals surface area contributed by atoms with E-state index in [-0.39, 0.29) is 30.6 Å². The molecular formula is C19H22Cl2FN5. The van der Waals surface area contributed by atoms with Crippen LogP contribution in [-0.4, -0.2) is 21.7 Å². The van der Waals surface area contributed by atoms with Gasteiger partial charge in [-0.15, -0.1) is 35.0 Å². The molecule has 0 saturated heterocycles. The number of aryl methyl sites for hydroxylation is 1. The average molecular weight is 410 g/mol. The number of nitrogens with zero attached hydrogens (tertiary/aromatic N) is 3. The van der Waals surface area contributed by atoms with Gasteiger partial charge in [-0.1, -0.05) is 42.5 Å². The standard InChI is InChI=1S/C19H20FN5.2ClH/c20-16-10-8-15(9-11-16)18(21)17-13-23-19(25-24-17)22-12-4-7-14-5-2-1-3-6-14;;/h1-3,5-6,8-11,13,18H,4,7,12,21H2,(H,22,23,25);2*1H. The Kier molecular flexibility index (Phi) is 9.64. The number of nitrogens with two attached hydrogens (primary N) is 1. The summed E-state index contributed by atoms with van der Waals surface area (Å²) in [6.45, 7) is 0.764. The summed E-state index contributed by atoms with van der Waals surface area (Å²) >= 11 is 0. The fraction of sp³-hybridized carbons (Fsp3) is 0.211. The Bertz CT molecular complexity index is 785. The third-order valence-electron chi connectivity index (χ3n) is 3.90. The Morgan fingerprint density at radius 2 is 1.67 bits per heavy atom. The molecule has 5 nitrogen and oxygen atoms in total. The van der Waals surface area contributed by atoms with Gasteiger partial charge < -0.3 is 11.1 Å². The quantitative estimate of drug-likeness (QED) is 0.577. The fourth-order valence-corrected chi connectivity index (χ4v) is 2.49. The minimum atomic E-state index is -0.479. The summed E-state index contributed by atoms with van der Waals surface area (Å²) in [4.78, 5) is 4.25. The van der Waals surface area contributed by atoms with Gasteiger partial charge in [-0.25, -0.2) is 9.37 Å². The molecule has 1 unspecified atom stereocenters. The molecule has 2 aromatic carbocycles. The molecule has 3 aromatic rings. The van der Waals surface area contributed by atoms with Gasteiger partial charge in [0, 0.05) is 6.54 Å². The van der Waals surface area contributed by atoms with E-state index in [2.05, 4.69) is 32.6 Å². The minimum Gasteiger partial charge on any atom is -0.353 e. The van der Waals surface area contributed by atoms with Crippen LogP contribution in [0.3, 0.4) is 0 Å². The molecule has 144 valence electrons. The van der Waals surface area contributed by atoms with Crippen LogP contribution in [0.15, 0.2) is 60.8 Å². The molecule has 0 aliphatic rings. The summed E-state index contributed by atoms with van der Waals surface area (Å²) in [5.41, 5.74) is 8.73. The summed E-state index contributed by atoms with van der Waals surface area (Å²) in [6, 6.07) is 15.9. The van der Waals surface area contributed by atoms with Crippen LogP contribution in [-0.2, 0) is 6.42 Å². The van der Waals surface area contributed by atoms with E-state index in [1.165, 1.54) is 17.7 Å². The van der Waals surface area contributed by atoms with Crippen molar-refractivity contribution in [1.29, 1.82) is 0 Å². The maximum Gasteiger partial charge on any atom is 0.242 e. The van der Waals surface area contributed by atoms with Gasteiger partial charge in [0.15, 0.2) is 0 Å². The highest BCUT2D eigenvalue weighted by molar-refractivity contribution is 5.85. The highest BCUT2D eigenvalue weighted by atomic mass is 35.5. The summed E-state index contributed by atoms with van der Waals surface area (Å²) < 4.78 is 13.0. The second-order valence-corrected chi connectivity index (χ2v) is 5.75. The largest absolute Gasteiger partial charge is 0.353 e. The molecule has 0 aliphatic carbocycles. The third-order valence-corrected chi connectivity index (χ3v) is 3.90. The first-order valence-electron chi connectivity index (χ1n) is 8.21. The number of halogens is 3. The monoisotopic (exact) mass is 409 g/mol. The predicted molar refractivity (Wildman–Crippen MR) is 110 cm³/mol. The lowest BCUT2D eigenvalue weighted by Gasteiger charge is -2.11. The minimum absolute atomic E-state index is 0. The zero-order valence-electron chi connectivity index (χ0n) is 14.6. The summed E-state index contributed by atoms with van der Waals surface area (Å²) in [5, 5.41) is 11.3. The Morgan fingerprint density at radius 3 is 2.30 bits per heavy atom. The van der Waals surface area contributed by atoms with Gasteiger partial charge in [0.25, 0.3) is 0 Å². The summed E-state index contributed by atoms with van der Waals surface area (Å²) in [7, 11) is 0. The smallest absolute Gasteiger partial charge is 0.242 e. The molecular weight excluding hydrogens is 388 g/mol. The van der Waals surface area contributed by atoms with Crippen molar-refractivity contribution < 1.29 is 4.39 Å². The molecule has 8 heteroatoms. The first-order valence-corrected chi connectivity index (χ1v) is 8.21. The number of aromatic nitrogens is 3. The maximum atomic E-state index is 13.0. The van der Waals surface area contributed by atoms with Crippen LogP contribution in [0.25, 0.3) is 0 Å². The molecule has 1 heterocycles. The number of hydrogen-bond acceptors (Lipinski definition) is 5. The van der Waals surface area contributed by atoms with Crippen LogP contribution in [0.1, 0.15) is 29.3 Å².